The molecular formula is C20H33NO3Si. The van der Waals surface area contributed by atoms with E-state index in [4.69, 9.17) is 13.9 Å². The first-order valence-electron chi connectivity index (χ1n) is 9.16. The van der Waals surface area contributed by atoms with Crippen molar-refractivity contribution in [1.82, 2.24) is 0 Å². The molecule has 0 spiro atoms. The molecule has 25 heavy (non-hydrogen) atoms. The minimum Gasteiger partial charge on any atom is -0.497 e. The summed E-state index contributed by atoms with van der Waals surface area (Å²) in [6, 6.07) is 7.73. The molecule has 0 unspecified atom stereocenters. The van der Waals surface area contributed by atoms with E-state index in [-0.39, 0.29) is 17.2 Å². The van der Waals surface area contributed by atoms with Crippen LogP contribution in [0.2, 0.25) is 18.1 Å². The maximum atomic E-state index is 6.51. The quantitative estimate of drug-likeness (QED) is 0.621. The van der Waals surface area contributed by atoms with Crippen LogP contribution in [0.4, 0.5) is 5.69 Å². The van der Waals surface area contributed by atoms with Crippen LogP contribution in [-0.4, -0.2) is 33.5 Å². The molecule has 1 aromatic carbocycles. The van der Waals surface area contributed by atoms with Crippen LogP contribution in [0.3, 0.4) is 0 Å². The van der Waals surface area contributed by atoms with Gasteiger partial charge in [0.25, 0.3) is 0 Å². The second-order valence-corrected chi connectivity index (χ2v) is 13.1. The zero-order chi connectivity index (χ0) is 18.8. The molecule has 2 rings (SSSR count). The Kier molecular flexibility index (Phi) is 6.00. The molecule has 0 bridgehead atoms. The van der Waals surface area contributed by atoms with Crippen molar-refractivity contribution < 1.29 is 13.9 Å². The van der Waals surface area contributed by atoms with Crippen LogP contribution in [0.15, 0.2) is 29.3 Å². The number of aliphatic imine (C=N–C) groups is 1. The number of ether oxygens (including phenoxy) is 2. The Morgan fingerprint density at radius 2 is 1.80 bits per heavy atom. The van der Waals surface area contributed by atoms with Crippen molar-refractivity contribution in [3.63, 3.8) is 0 Å². The van der Waals surface area contributed by atoms with Gasteiger partial charge in [0.15, 0.2) is 14.2 Å². The standard InChI is InChI=1S/C20H33NO3Si/c1-9-17-18(14(2)24-25(7,8)20(3,4)5)23-19(17)21-15-10-12-16(22-6)13-11-15/h10-14,17-18H,9H2,1-8H3/t14-,17+,18-/m0/s1. The Labute approximate surface area is 153 Å². The average Bonchev–Trinajstić information content (AvgIpc) is 2.50. The molecule has 0 N–H and O–H groups in total. The van der Waals surface area contributed by atoms with Crippen LogP contribution in [0, 0.1) is 5.92 Å². The van der Waals surface area contributed by atoms with Gasteiger partial charge in [-0.15, -0.1) is 0 Å². The van der Waals surface area contributed by atoms with E-state index in [1.807, 2.05) is 24.3 Å². The maximum Gasteiger partial charge on any atom is 0.195 e. The van der Waals surface area contributed by atoms with Gasteiger partial charge in [-0.05, 0) is 55.7 Å². The molecule has 140 valence electrons. The number of hydrogen-bond acceptors (Lipinski definition) is 4. The van der Waals surface area contributed by atoms with Gasteiger partial charge in [0.05, 0.1) is 24.8 Å². The largest absolute Gasteiger partial charge is 0.497 e. The van der Waals surface area contributed by atoms with Crippen molar-refractivity contribution in [1.29, 1.82) is 0 Å². The van der Waals surface area contributed by atoms with Crippen LogP contribution >= 0.6 is 0 Å². The third-order valence-corrected chi connectivity index (χ3v) is 10.0. The molecule has 1 heterocycles. The van der Waals surface area contributed by atoms with E-state index in [9.17, 15) is 0 Å². The second-order valence-electron chi connectivity index (χ2n) is 8.33. The lowest BCUT2D eigenvalue weighted by atomic mass is 9.90. The molecule has 1 aromatic rings. The zero-order valence-corrected chi connectivity index (χ0v) is 17.9. The van der Waals surface area contributed by atoms with Crippen molar-refractivity contribution in [3.05, 3.63) is 24.3 Å². The Morgan fingerprint density at radius 1 is 1.20 bits per heavy atom. The van der Waals surface area contributed by atoms with Gasteiger partial charge in [-0.2, -0.15) is 0 Å². The molecule has 0 aromatic heterocycles. The summed E-state index contributed by atoms with van der Waals surface area (Å²) in [6.07, 6.45) is 1.18. The third kappa shape index (κ3) is 4.45. The Hall–Kier alpha value is -1.33. The van der Waals surface area contributed by atoms with E-state index in [1.165, 1.54) is 0 Å². The summed E-state index contributed by atoms with van der Waals surface area (Å²) in [7, 11) is -0.132. The maximum absolute atomic E-state index is 6.51. The van der Waals surface area contributed by atoms with Crippen LogP contribution in [-0.2, 0) is 9.16 Å². The van der Waals surface area contributed by atoms with Crippen LogP contribution < -0.4 is 4.74 Å². The van der Waals surface area contributed by atoms with Gasteiger partial charge in [0.2, 0.25) is 0 Å². The first-order valence-corrected chi connectivity index (χ1v) is 12.1. The van der Waals surface area contributed by atoms with Gasteiger partial charge in [0, 0.05) is 0 Å². The lowest BCUT2D eigenvalue weighted by molar-refractivity contribution is -0.0323. The fraction of sp³-hybridized carbons (Fsp3) is 0.650. The first-order chi connectivity index (χ1) is 11.6. The van der Waals surface area contributed by atoms with E-state index >= 15 is 0 Å². The van der Waals surface area contributed by atoms with Crippen LogP contribution in [0.25, 0.3) is 0 Å². The number of nitrogens with zero attached hydrogens (tertiary/aromatic N) is 1. The lowest BCUT2D eigenvalue weighted by Gasteiger charge is -2.46. The summed E-state index contributed by atoms with van der Waals surface area (Å²) < 4.78 is 17.7. The zero-order valence-electron chi connectivity index (χ0n) is 16.9. The topological polar surface area (TPSA) is 40.0 Å². The highest BCUT2D eigenvalue weighted by Gasteiger charge is 2.46. The molecule has 5 heteroatoms. The van der Waals surface area contributed by atoms with Crippen molar-refractivity contribution in [2.45, 2.75) is 71.4 Å². The van der Waals surface area contributed by atoms with Gasteiger partial charge in [-0.1, -0.05) is 27.7 Å². The Morgan fingerprint density at radius 3 is 2.28 bits per heavy atom. The summed E-state index contributed by atoms with van der Waals surface area (Å²) in [4.78, 5) is 4.66. The van der Waals surface area contributed by atoms with Crippen molar-refractivity contribution in [2.75, 3.05) is 7.11 Å². The molecule has 1 aliphatic rings. The van der Waals surface area contributed by atoms with Crippen LogP contribution in [0.5, 0.6) is 5.75 Å². The minimum atomic E-state index is -1.80. The van der Waals surface area contributed by atoms with Gasteiger partial charge >= 0.3 is 0 Å². The molecule has 4 nitrogen and oxygen atoms in total. The highest BCUT2D eigenvalue weighted by Crippen LogP contribution is 2.40. The predicted octanol–water partition coefficient (Wildman–Crippen LogP) is 5.56. The summed E-state index contributed by atoms with van der Waals surface area (Å²) in [5.74, 6) is 1.98. The smallest absolute Gasteiger partial charge is 0.195 e. The number of methoxy groups -OCH3 is 1. The molecule has 1 aliphatic heterocycles. The SMILES string of the molecule is CC[C@H]1C(=Nc2ccc(OC)cc2)O[C@H]1[C@H](C)O[Si](C)(C)C(C)(C)C. The third-order valence-electron chi connectivity index (χ3n) is 5.47. The molecule has 0 saturated carbocycles. The fourth-order valence-corrected chi connectivity index (χ4v) is 4.23. The molecule has 3 atom stereocenters. The molecule has 0 radical (unpaired) electrons. The van der Waals surface area contributed by atoms with Crippen molar-refractivity contribution in [3.8, 4) is 5.75 Å². The van der Waals surface area contributed by atoms with E-state index in [0.29, 0.717) is 5.92 Å². The van der Waals surface area contributed by atoms with E-state index in [1.54, 1.807) is 7.11 Å². The molecule has 0 aliphatic carbocycles. The number of rotatable bonds is 6. The number of hydrogen-bond donors (Lipinski definition) is 0. The highest BCUT2D eigenvalue weighted by atomic mass is 28.4. The van der Waals surface area contributed by atoms with E-state index < -0.39 is 8.32 Å². The Balaban J connectivity index is 2.05. The predicted molar refractivity (Wildman–Crippen MR) is 106 cm³/mol. The van der Waals surface area contributed by atoms with Crippen LogP contribution in [0.1, 0.15) is 41.0 Å². The van der Waals surface area contributed by atoms with Gasteiger partial charge in [-0.3, -0.25) is 0 Å². The average molecular weight is 364 g/mol. The fourth-order valence-electron chi connectivity index (χ4n) is 2.81. The van der Waals surface area contributed by atoms with E-state index in [2.05, 4.69) is 52.7 Å². The summed E-state index contributed by atoms with van der Waals surface area (Å²) in [6.45, 7) is 15.7. The van der Waals surface area contributed by atoms with Crippen molar-refractivity contribution >= 4 is 19.9 Å². The summed E-state index contributed by atoms with van der Waals surface area (Å²) in [5, 5.41) is 0.201. The van der Waals surface area contributed by atoms with Gasteiger partial charge < -0.3 is 13.9 Å². The lowest BCUT2D eigenvalue weighted by Crippen LogP contribution is -2.55. The van der Waals surface area contributed by atoms with Crippen molar-refractivity contribution in [2.24, 2.45) is 10.9 Å². The van der Waals surface area contributed by atoms with E-state index in [0.717, 1.165) is 23.8 Å². The van der Waals surface area contributed by atoms with Gasteiger partial charge in [-0.25, -0.2) is 4.99 Å². The first kappa shape index (κ1) is 20.0. The normalized spacial score (nSPS) is 23.8. The molecule has 1 saturated heterocycles. The Bertz CT molecular complexity index is 604. The summed E-state index contributed by atoms with van der Waals surface area (Å²) >= 11 is 0. The summed E-state index contributed by atoms with van der Waals surface area (Å²) in [5.41, 5.74) is 0.894. The second kappa shape index (κ2) is 7.50. The molecular weight excluding hydrogens is 330 g/mol. The highest BCUT2D eigenvalue weighted by molar-refractivity contribution is 6.74. The van der Waals surface area contributed by atoms with Gasteiger partial charge in [0.1, 0.15) is 11.9 Å². The molecule has 0 amide bonds. The minimum absolute atomic E-state index is 0.0839. The molecule has 1 fully saturated rings. The monoisotopic (exact) mass is 363 g/mol. The number of benzene rings is 1.